The lowest BCUT2D eigenvalue weighted by molar-refractivity contribution is 0.0560. The topological polar surface area (TPSA) is 75.1 Å². The third-order valence-corrected chi connectivity index (χ3v) is 2.24. The van der Waals surface area contributed by atoms with E-state index in [0.29, 0.717) is 18.5 Å². The van der Waals surface area contributed by atoms with E-state index in [1.165, 1.54) is 18.6 Å². The van der Waals surface area contributed by atoms with Gasteiger partial charge >= 0.3 is 0 Å². The first-order chi connectivity index (χ1) is 6.75. The molecule has 1 fully saturated rings. The molecule has 0 saturated heterocycles. The van der Waals surface area contributed by atoms with Gasteiger partial charge in [0.25, 0.3) is 5.91 Å². The van der Waals surface area contributed by atoms with Crippen LogP contribution in [0.5, 0.6) is 0 Å². The maximum absolute atomic E-state index is 11.5. The van der Waals surface area contributed by atoms with Crippen molar-refractivity contribution < 1.29 is 9.90 Å². The van der Waals surface area contributed by atoms with E-state index in [-0.39, 0.29) is 18.1 Å². The highest BCUT2D eigenvalue weighted by atomic mass is 16.3. The fraction of sp³-hybridized carbons (Fsp3) is 0.444. The molecule has 1 aromatic rings. The molecule has 1 aliphatic carbocycles. The van der Waals surface area contributed by atoms with Gasteiger partial charge in [-0.15, -0.1) is 0 Å². The van der Waals surface area contributed by atoms with E-state index in [2.05, 4.69) is 15.3 Å². The Balaban J connectivity index is 1.90. The molecule has 0 spiro atoms. The van der Waals surface area contributed by atoms with Gasteiger partial charge in [0.1, 0.15) is 5.69 Å². The van der Waals surface area contributed by atoms with E-state index in [9.17, 15) is 4.79 Å². The predicted octanol–water partition coefficient (Wildman–Crippen LogP) is -0.270. The highest BCUT2D eigenvalue weighted by Crippen LogP contribution is 2.19. The van der Waals surface area contributed by atoms with Crippen LogP contribution in [0.1, 0.15) is 23.3 Å². The summed E-state index contributed by atoms with van der Waals surface area (Å²) in [5, 5.41) is 11.8. The summed E-state index contributed by atoms with van der Waals surface area (Å²) < 4.78 is 0. The Bertz CT molecular complexity index is 322. The number of hydrogen-bond donors (Lipinski definition) is 2. The summed E-state index contributed by atoms with van der Waals surface area (Å²) in [6, 6.07) is 0.0829. The van der Waals surface area contributed by atoms with Gasteiger partial charge in [0.05, 0.1) is 12.3 Å². The van der Waals surface area contributed by atoms with Crippen molar-refractivity contribution in [2.24, 2.45) is 0 Å². The van der Waals surface area contributed by atoms with Gasteiger partial charge in [-0.3, -0.25) is 9.78 Å². The SMILES string of the molecule is O=C(NC1CC(O)C1)c1cnccn1. The maximum atomic E-state index is 11.5. The van der Waals surface area contributed by atoms with Gasteiger partial charge in [-0.2, -0.15) is 0 Å². The molecule has 2 N–H and O–H groups in total. The zero-order chi connectivity index (χ0) is 9.97. The van der Waals surface area contributed by atoms with Crippen LogP contribution in [-0.2, 0) is 0 Å². The lowest BCUT2D eigenvalue weighted by Crippen LogP contribution is -2.46. The summed E-state index contributed by atoms with van der Waals surface area (Å²) >= 11 is 0. The van der Waals surface area contributed by atoms with E-state index in [1.54, 1.807) is 0 Å². The second-order valence-corrected chi connectivity index (χ2v) is 3.39. The van der Waals surface area contributed by atoms with Gasteiger partial charge < -0.3 is 10.4 Å². The van der Waals surface area contributed by atoms with Crippen LogP contribution in [-0.4, -0.2) is 33.1 Å². The molecule has 0 atom stereocenters. The lowest BCUT2D eigenvalue weighted by Gasteiger charge is -2.31. The number of hydrogen-bond acceptors (Lipinski definition) is 4. The van der Waals surface area contributed by atoms with Gasteiger partial charge in [-0.05, 0) is 12.8 Å². The number of aliphatic hydroxyl groups is 1. The molecule has 1 saturated carbocycles. The van der Waals surface area contributed by atoms with Crippen LogP contribution < -0.4 is 5.32 Å². The van der Waals surface area contributed by atoms with Crippen LogP contribution in [0.4, 0.5) is 0 Å². The van der Waals surface area contributed by atoms with Crippen molar-refractivity contribution in [3.8, 4) is 0 Å². The summed E-state index contributed by atoms with van der Waals surface area (Å²) in [7, 11) is 0. The average Bonchev–Trinajstić information content (AvgIpc) is 2.17. The molecule has 1 amide bonds. The Morgan fingerprint density at radius 3 is 2.86 bits per heavy atom. The molecule has 1 aliphatic rings. The molecular weight excluding hydrogens is 182 g/mol. The van der Waals surface area contributed by atoms with Crippen molar-refractivity contribution in [2.75, 3.05) is 0 Å². The molecule has 0 unspecified atom stereocenters. The zero-order valence-electron chi connectivity index (χ0n) is 7.55. The summed E-state index contributed by atoms with van der Waals surface area (Å²) in [4.78, 5) is 19.1. The minimum Gasteiger partial charge on any atom is -0.393 e. The number of nitrogens with zero attached hydrogens (tertiary/aromatic N) is 2. The van der Waals surface area contributed by atoms with Crippen LogP contribution in [0.15, 0.2) is 18.6 Å². The Morgan fingerprint density at radius 2 is 2.29 bits per heavy atom. The summed E-state index contributed by atoms with van der Waals surface area (Å²) in [6.07, 6.45) is 5.42. The lowest BCUT2D eigenvalue weighted by atomic mass is 9.89. The summed E-state index contributed by atoms with van der Waals surface area (Å²) in [5.74, 6) is -0.227. The molecule has 5 heteroatoms. The van der Waals surface area contributed by atoms with Crippen molar-refractivity contribution in [2.45, 2.75) is 25.0 Å². The number of carbonyl (C=O) groups is 1. The third kappa shape index (κ3) is 1.88. The van der Waals surface area contributed by atoms with E-state index in [1.807, 2.05) is 0 Å². The minimum atomic E-state index is -0.262. The number of carbonyl (C=O) groups excluding carboxylic acids is 1. The van der Waals surface area contributed by atoms with Crippen molar-refractivity contribution in [1.29, 1.82) is 0 Å². The van der Waals surface area contributed by atoms with E-state index < -0.39 is 0 Å². The van der Waals surface area contributed by atoms with Crippen LogP contribution in [0, 0.1) is 0 Å². The highest BCUT2D eigenvalue weighted by molar-refractivity contribution is 5.92. The molecule has 74 valence electrons. The van der Waals surface area contributed by atoms with E-state index in [0.717, 1.165) is 0 Å². The highest BCUT2D eigenvalue weighted by Gasteiger charge is 2.28. The Kier molecular flexibility index (Phi) is 2.41. The number of aliphatic hydroxyl groups excluding tert-OH is 1. The first-order valence-corrected chi connectivity index (χ1v) is 4.50. The number of nitrogens with one attached hydrogen (secondary N) is 1. The smallest absolute Gasteiger partial charge is 0.271 e. The largest absolute Gasteiger partial charge is 0.393 e. The normalized spacial score (nSPS) is 25.2. The van der Waals surface area contributed by atoms with Gasteiger partial charge in [0, 0.05) is 18.4 Å². The Labute approximate surface area is 81.2 Å². The van der Waals surface area contributed by atoms with Gasteiger partial charge in [-0.25, -0.2) is 4.98 Å². The Hall–Kier alpha value is -1.49. The molecule has 0 bridgehead atoms. The molecule has 5 nitrogen and oxygen atoms in total. The van der Waals surface area contributed by atoms with E-state index in [4.69, 9.17) is 5.11 Å². The monoisotopic (exact) mass is 193 g/mol. The summed E-state index contributed by atoms with van der Waals surface area (Å²) in [6.45, 7) is 0. The predicted molar refractivity (Wildman–Crippen MR) is 48.5 cm³/mol. The van der Waals surface area contributed by atoms with Gasteiger partial charge in [0.15, 0.2) is 0 Å². The Morgan fingerprint density at radius 1 is 1.50 bits per heavy atom. The standard InChI is InChI=1S/C9H11N3O2/c13-7-3-6(4-7)12-9(14)8-5-10-1-2-11-8/h1-2,5-7,13H,3-4H2,(H,12,14). The minimum absolute atomic E-state index is 0.0829. The molecule has 2 rings (SSSR count). The molecule has 14 heavy (non-hydrogen) atoms. The fourth-order valence-electron chi connectivity index (χ4n) is 1.38. The quantitative estimate of drug-likeness (QED) is 0.678. The molecule has 0 aliphatic heterocycles. The molecule has 0 radical (unpaired) electrons. The molecular formula is C9H11N3O2. The van der Waals surface area contributed by atoms with Crippen LogP contribution in [0.2, 0.25) is 0 Å². The van der Waals surface area contributed by atoms with Gasteiger partial charge in [0.2, 0.25) is 0 Å². The van der Waals surface area contributed by atoms with Crippen LogP contribution in [0.3, 0.4) is 0 Å². The van der Waals surface area contributed by atoms with Crippen molar-refractivity contribution in [3.05, 3.63) is 24.3 Å². The number of aromatic nitrogens is 2. The second kappa shape index (κ2) is 3.71. The van der Waals surface area contributed by atoms with Crippen LogP contribution in [0.25, 0.3) is 0 Å². The number of amides is 1. The maximum Gasteiger partial charge on any atom is 0.271 e. The molecule has 1 heterocycles. The average molecular weight is 193 g/mol. The van der Waals surface area contributed by atoms with Gasteiger partial charge in [-0.1, -0.05) is 0 Å². The van der Waals surface area contributed by atoms with Crippen molar-refractivity contribution in [1.82, 2.24) is 15.3 Å². The van der Waals surface area contributed by atoms with Crippen molar-refractivity contribution >= 4 is 5.91 Å². The third-order valence-electron chi connectivity index (χ3n) is 2.24. The zero-order valence-corrected chi connectivity index (χ0v) is 7.55. The van der Waals surface area contributed by atoms with Crippen LogP contribution >= 0.6 is 0 Å². The molecule has 1 aromatic heterocycles. The second-order valence-electron chi connectivity index (χ2n) is 3.39. The van der Waals surface area contributed by atoms with E-state index >= 15 is 0 Å². The molecule has 0 aromatic carbocycles. The summed E-state index contributed by atoms with van der Waals surface area (Å²) in [5.41, 5.74) is 0.314. The van der Waals surface area contributed by atoms with Crippen molar-refractivity contribution in [3.63, 3.8) is 0 Å². The first kappa shape index (κ1) is 9.08. The fourth-order valence-corrected chi connectivity index (χ4v) is 1.38. The number of rotatable bonds is 2. The first-order valence-electron chi connectivity index (χ1n) is 4.50.